The zero-order chi connectivity index (χ0) is 23.1. The third-order valence-electron chi connectivity index (χ3n) is 5.38. The first-order chi connectivity index (χ1) is 15.1. The molecule has 1 amide bonds. The largest absolute Gasteiger partial charge is 0.433 e. The number of thiophene rings is 1. The lowest BCUT2D eigenvalue weighted by Crippen LogP contribution is -2.27. The molecule has 3 aromatic rings. The Balaban J connectivity index is 1.47. The topological polar surface area (TPSA) is 79.4 Å². The first-order valence-electron chi connectivity index (χ1n) is 9.92. The maximum Gasteiger partial charge on any atom is 0.433 e. The molecule has 1 aliphatic rings. The third kappa shape index (κ3) is 4.37. The maximum absolute atomic E-state index is 12.9. The van der Waals surface area contributed by atoms with Gasteiger partial charge in [0.2, 0.25) is 10.0 Å². The van der Waals surface area contributed by atoms with E-state index in [1.165, 1.54) is 22.5 Å². The van der Waals surface area contributed by atoms with Crippen LogP contribution in [-0.4, -0.2) is 36.7 Å². The number of aryl methyl sites for hydroxylation is 1. The first kappa shape index (κ1) is 22.7. The zero-order valence-electron chi connectivity index (χ0n) is 17.1. The van der Waals surface area contributed by atoms with Crippen molar-refractivity contribution in [1.82, 2.24) is 14.6 Å². The molecule has 170 valence electrons. The highest BCUT2D eigenvalue weighted by Crippen LogP contribution is 2.34. The number of pyridine rings is 1. The summed E-state index contributed by atoms with van der Waals surface area (Å²) >= 11 is 0.909. The van der Waals surface area contributed by atoms with Crippen molar-refractivity contribution in [2.24, 2.45) is 0 Å². The summed E-state index contributed by atoms with van der Waals surface area (Å²) in [7, 11) is -3.50. The van der Waals surface area contributed by atoms with E-state index in [9.17, 15) is 26.4 Å². The summed E-state index contributed by atoms with van der Waals surface area (Å²) < 4.78 is 65.3. The van der Waals surface area contributed by atoms with E-state index < -0.39 is 27.8 Å². The van der Waals surface area contributed by atoms with Crippen LogP contribution in [0, 0.1) is 6.92 Å². The number of hydrogen-bond acceptors (Lipinski definition) is 5. The van der Waals surface area contributed by atoms with Gasteiger partial charge in [-0.3, -0.25) is 4.79 Å². The summed E-state index contributed by atoms with van der Waals surface area (Å²) in [6, 6.07) is 8.54. The number of amides is 1. The van der Waals surface area contributed by atoms with Crippen molar-refractivity contribution < 1.29 is 26.4 Å². The lowest BCUT2D eigenvalue weighted by atomic mass is 10.1. The normalized spacial score (nSPS) is 15.4. The Hall–Kier alpha value is -2.50. The number of alkyl halides is 3. The van der Waals surface area contributed by atoms with Gasteiger partial charge >= 0.3 is 6.18 Å². The summed E-state index contributed by atoms with van der Waals surface area (Å²) in [4.78, 5) is 16.9. The van der Waals surface area contributed by atoms with E-state index in [0.717, 1.165) is 30.2 Å². The SMILES string of the molecule is Cc1c(C(=O)NCc2ccc(S(=O)(=O)N3CCCC3)cc2)sc2nc(C(F)(F)F)ccc12. The van der Waals surface area contributed by atoms with E-state index in [1.54, 1.807) is 19.1 Å². The van der Waals surface area contributed by atoms with E-state index >= 15 is 0 Å². The molecule has 1 aromatic carbocycles. The molecule has 0 atom stereocenters. The fourth-order valence-electron chi connectivity index (χ4n) is 3.59. The Morgan fingerprint density at radius 2 is 1.78 bits per heavy atom. The van der Waals surface area contributed by atoms with Gasteiger partial charge in [0.15, 0.2) is 0 Å². The molecule has 32 heavy (non-hydrogen) atoms. The number of halogens is 3. The van der Waals surface area contributed by atoms with Crippen molar-refractivity contribution in [3.8, 4) is 0 Å². The van der Waals surface area contributed by atoms with Crippen molar-refractivity contribution >= 4 is 37.5 Å². The van der Waals surface area contributed by atoms with Crippen LogP contribution in [0.5, 0.6) is 0 Å². The molecular formula is C21H20F3N3O3S2. The highest BCUT2D eigenvalue weighted by Gasteiger charge is 2.33. The van der Waals surface area contributed by atoms with Crippen molar-refractivity contribution in [1.29, 1.82) is 0 Å². The molecule has 1 N–H and O–H groups in total. The van der Waals surface area contributed by atoms with Crippen LogP contribution in [0.25, 0.3) is 10.2 Å². The number of hydrogen-bond donors (Lipinski definition) is 1. The molecule has 6 nitrogen and oxygen atoms in total. The minimum atomic E-state index is -4.55. The van der Waals surface area contributed by atoms with E-state index in [2.05, 4.69) is 10.3 Å². The first-order valence-corrected chi connectivity index (χ1v) is 12.2. The average Bonchev–Trinajstić information content (AvgIpc) is 3.40. The molecule has 1 fully saturated rings. The number of carbonyl (C=O) groups excluding carboxylic acids is 1. The van der Waals surface area contributed by atoms with E-state index in [4.69, 9.17) is 0 Å². The number of nitrogens with one attached hydrogen (secondary N) is 1. The van der Waals surface area contributed by atoms with Crippen LogP contribution >= 0.6 is 11.3 Å². The summed E-state index contributed by atoms with van der Waals surface area (Å²) in [5.74, 6) is -0.423. The monoisotopic (exact) mass is 483 g/mol. The van der Waals surface area contributed by atoms with Crippen LogP contribution in [0.3, 0.4) is 0 Å². The van der Waals surface area contributed by atoms with E-state index in [1.807, 2.05) is 0 Å². The Labute approximate surface area is 187 Å². The number of rotatable bonds is 5. The maximum atomic E-state index is 12.9. The molecule has 0 unspecified atom stereocenters. The molecule has 0 bridgehead atoms. The van der Waals surface area contributed by atoms with Gasteiger partial charge < -0.3 is 5.32 Å². The van der Waals surface area contributed by atoms with Gasteiger partial charge in [0.25, 0.3) is 5.91 Å². The predicted molar refractivity (Wildman–Crippen MR) is 115 cm³/mol. The van der Waals surface area contributed by atoms with E-state index in [-0.39, 0.29) is 16.3 Å². The lowest BCUT2D eigenvalue weighted by Gasteiger charge is -2.15. The Bertz CT molecular complexity index is 1260. The van der Waals surface area contributed by atoms with Crippen LogP contribution in [0.4, 0.5) is 13.2 Å². The Morgan fingerprint density at radius 1 is 1.12 bits per heavy atom. The highest BCUT2D eigenvalue weighted by molar-refractivity contribution is 7.89. The predicted octanol–water partition coefficient (Wildman–Crippen LogP) is 4.34. The standard InChI is InChI=1S/C21H20F3N3O3S2/c1-13-16-8-9-17(21(22,23)24)26-20(16)31-18(13)19(28)25-12-14-4-6-15(7-5-14)32(29,30)27-10-2-3-11-27/h4-9H,2-3,10-12H2,1H3,(H,25,28). The number of fused-ring (bicyclic) bond motifs is 1. The summed E-state index contributed by atoms with van der Waals surface area (Å²) in [6.45, 7) is 2.86. The minimum absolute atomic E-state index is 0.151. The summed E-state index contributed by atoms with van der Waals surface area (Å²) in [6.07, 6.45) is -2.84. The van der Waals surface area contributed by atoms with Gasteiger partial charge in [0, 0.05) is 25.0 Å². The molecule has 11 heteroatoms. The number of nitrogens with zero attached hydrogens (tertiary/aromatic N) is 2. The van der Waals surface area contributed by atoms with Gasteiger partial charge in [-0.2, -0.15) is 17.5 Å². The van der Waals surface area contributed by atoms with Gasteiger partial charge in [0.05, 0.1) is 9.77 Å². The second-order valence-electron chi connectivity index (χ2n) is 7.54. The third-order valence-corrected chi connectivity index (χ3v) is 8.49. The second kappa shape index (κ2) is 8.45. The fourth-order valence-corrected chi connectivity index (χ4v) is 6.21. The Kier molecular flexibility index (Phi) is 5.99. The summed E-state index contributed by atoms with van der Waals surface area (Å²) in [5.41, 5.74) is 0.271. The smallest absolute Gasteiger partial charge is 0.347 e. The van der Waals surface area contributed by atoms with Crippen molar-refractivity contribution in [2.75, 3.05) is 13.1 Å². The Morgan fingerprint density at radius 3 is 2.41 bits per heavy atom. The quantitative estimate of drug-likeness (QED) is 0.586. The van der Waals surface area contributed by atoms with Crippen LogP contribution in [0.15, 0.2) is 41.3 Å². The van der Waals surface area contributed by atoms with Crippen molar-refractivity contribution in [3.63, 3.8) is 0 Å². The molecule has 0 aliphatic carbocycles. The van der Waals surface area contributed by atoms with Gasteiger partial charge in [-0.05, 0) is 55.2 Å². The van der Waals surface area contributed by atoms with Crippen LogP contribution in [-0.2, 0) is 22.7 Å². The molecule has 1 aliphatic heterocycles. The highest BCUT2D eigenvalue weighted by atomic mass is 32.2. The molecule has 2 aromatic heterocycles. The van der Waals surface area contributed by atoms with Crippen LogP contribution in [0.1, 0.15) is 39.3 Å². The molecule has 4 rings (SSSR count). The number of carbonyl (C=O) groups is 1. The minimum Gasteiger partial charge on any atom is -0.347 e. The van der Waals surface area contributed by atoms with Gasteiger partial charge in [-0.1, -0.05) is 12.1 Å². The van der Waals surface area contributed by atoms with Crippen molar-refractivity contribution in [3.05, 3.63) is 58.1 Å². The molecule has 0 spiro atoms. The molecule has 1 saturated heterocycles. The fraction of sp³-hybridized carbons (Fsp3) is 0.333. The molecular weight excluding hydrogens is 463 g/mol. The number of aromatic nitrogens is 1. The number of sulfonamides is 1. The number of benzene rings is 1. The zero-order valence-corrected chi connectivity index (χ0v) is 18.7. The second-order valence-corrected chi connectivity index (χ2v) is 10.5. The molecule has 0 radical (unpaired) electrons. The van der Waals surface area contributed by atoms with Crippen LogP contribution in [0.2, 0.25) is 0 Å². The van der Waals surface area contributed by atoms with Gasteiger partial charge in [-0.15, -0.1) is 11.3 Å². The van der Waals surface area contributed by atoms with Gasteiger partial charge in [-0.25, -0.2) is 13.4 Å². The van der Waals surface area contributed by atoms with Crippen LogP contribution < -0.4 is 5.32 Å². The summed E-state index contributed by atoms with van der Waals surface area (Å²) in [5, 5.41) is 3.24. The van der Waals surface area contributed by atoms with E-state index in [0.29, 0.717) is 34.5 Å². The molecule has 3 heterocycles. The van der Waals surface area contributed by atoms with Crippen molar-refractivity contribution in [2.45, 2.75) is 37.4 Å². The average molecular weight is 484 g/mol. The van der Waals surface area contributed by atoms with Gasteiger partial charge in [0.1, 0.15) is 10.5 Å². The molecule has 0 saturated carbocycles. The lowest BCUT2D eigenvalue weighted by molar-refractivity contribution is -0.140.